The molecule has 0 heterocycles. The lowest BCUT2D eigenvalue weighted by Crippen LogP contribution is -2.13. The third-order valence-corrected chi connectivity index (χ3v) is 4.03. The third-order valence-electron chi connectivity index (χ3n) is 4.03. The predicted octanol–water partition coefficient (Wildman–Crippen LogP) is 3.73. The molecule has 1 saturated carbocycles. The van der Waals surface area contributed by atoms with E-state index in [9.17, 15) is 9.59 Å². The Balaban J connectivity index is 1.67. The van der Waals surface area contributed by atoms with Crippen molar-refractivity contribution in [1.29, 1.82) is 0 Å². The highest BCUT2D eigenvalue weighted by molar-refractivity contribution is 6.05. The molecule has 2 aromatic carbocycles. The summed E-state index contributed by atoms with van der Waals surface area (Å²) in [5.74, 6) is 0.122. The molecule has 1 amide bonds. The van der Waals surface area contributed by atoms with Crippen molar-refractivity contribution in [1.82, 2.24) is 0 Å². The van der Waals surface area contributed by atoms with E-state index in [-0.39, 0.29) is 11.5 Å². The topological polar surface area (TPSA) is 75.6 Å². The van der Waals surface area contributed by atoms with Crippen molar-refractivity contribution in [2.75, 3.05) is 11.9 Å². The number of benzene rings is 2. The van der Waals surface area contributed by atoms with Crippen LogP contribution in [-0.4, -0.2) is 23.6 Å². The van der Waals surface area contributed by atoms with Gasteiger partial charge in [0.1, 0.15) is 5.75 Å². The van der Waals surface area contributed by atoms with E-state index in [1.54, 1.807) is 30.3 Å². The first-order chi connectivity index (χ1) is 11.5. The molecule has 3 rings (SSSR count). The molecule has 2 N–H and O–H groups in total. The summed E-state index contributed by atoms with van der Waals surface area (Å²) in [5, 5.41) is 11.8. The van der Waals surface area contributed by atoms with E-state index >= 15 is 0 Å². The fourth-order valence-corrected chi connectivity index (χ4v) is 2.29. The first kappa shape index (κ1) is 16.1. The third kappa shape index (κ3) is 3.93. The van der Waals surface area contributed by atoms with Crippen LogP contribution in [0.1, 0.15) is 39.1 Å². The lowest BCUT2D eigenvalue weighted by atomic mass is 10.1. The molecule has 5 nitrogen and oxygen atoms in total. The molecule has 0 aliphatic heterocycles. The van der Waals surface area contributed by atoms with Crippen molar-refractivity contribution >= 4 is 17.6 Å². The van der Waals surface area contributed by atoms with E-state index in [0.29, 0.717) is 17.2 Å². The van der Waals surface area contributed by atoms with Crippen LogP contribution in [0, 0.1) is 12.8 Å². The molecule has 24 heavy (non-hydrogen) atoms. The summed E-state index contributed by atoms with van der Waals surface area (Å²) in [6, 6.07) is 11.6. The maximum atomic E-state index is 12.3. The number of nitrogens with one attached hydrogen (secondary N) is 1. The Morgan fingerprint density at radius 1 is 1.12 bits per heavy atom. The molecule has 5 heteroatoms. The first-order valence-electron chi connectivity index (χ1n) is 7.91. The highest BCUT2D eigenvalue weighted by Crippen LogP contribution is 2.29. The minimum Gasteiger partial charge on any atom is -0.493 e. The number of carbonyl (C=O) groups is 2. The molecule has 1 fully saturated rings. The van der Waals surface area contributed by atoms with Gasteiger partial charge >= 0.3 is 5.97 Å². The van der Waals surface area contributed by atoms with Crippen LogP contribution in [0.15, 0.2) is 42.5 Å². The monoisotopic (exact) mass is 325 g/mol. The summed E-state index contributed by atoms with van der Waals surface area (Å²) in [6.07, 6.45) is 2.46. The molecule has 0 radical (unpaired) electrons. The zero-order valence-electron chi connectivity index (χ0n) is 13.4. The van der Waals surface area contributed by atoms with Gasteiger partial charge in [-0.3, -0.25) is 4.79 Å². The highest BCUT2D eigenvalue weighted by Gasteiger charge is 2.21. The van der Waals surface area contributed by atoms with Gasteiger partial charge in [0.25, 0.3) is 5.91 Å². The Kier molecular flexibility index (Phi) is 4.51. The van der Waals surface area contributed by atoms with Crippen molar-refractivity contribution in [3.63, 3.8) is 0 Å². The fourth-order valence-electron chi connectivity index (χ4n) is 2.29. The van der Waals surface area contributed by atoms with Crippen LogP contribution >= 0.6 is 0 Å². The second kappa shape index (κ2) is 6.74. The van der Waals surface area contributed by atoms with Crippen molar-refractivity contribution in [3.05, 3.63) is 59.2 Å². The number of ether oxygens (including phenoxy) is 1. The molecule has 0 aromatic heterocycles. The number of aryl methyl sites for hydroxylation is 1. The Hall–Kier alpha value is -2.82. The van der Waals surface area contributed by atoms with Crippen molar-refractivity contribution < 1.29 is 19.4 Å². The summed E-state index contributed by atoms with van der Waals surface area (Å²) < 4.78 is 5.65. The van der Waals surface area contributed by atoms with Gasteiger partial charge in [-0.1, -0.05) is 6.07 Å². The molecule has 0 unspecified atom stereocenters. The second-order valence-electron chi connectivity index (χ2n) is 6.07. The molecule has 1 aliphatic rings. The van der Waals surface area contributed by atoms with E-state index in [1.165, 1.54) is 25.0 Å². The van der Waals surface area contributed by atoms with Gasteiger partial charge in [-0.05, 0) is 67.6 Å². The van der Waals surface area contributed by atoms with E-state index in [4.69, 9.17) is 9.84 Å². The molecule has 0 bridgehead atoms. The maximum Gasteiger partial charge on any atom is 0.335 e. The molecule has 2 aromatic rings. The Bertz CT molecular complexity index is 763. The van der Waals surface area contributed by atoms with Crippen molar-refractivity contribution in [2.45, 2.75) is 19.8 Å². The number of amides is 1. The Morgan fingerprint density at radius 2 is 1.79 bits per heavy atom. The second-order valence-corrected chi connectivity index (χ2v) is 6.07. The molecule has 0 saturated heterocycles. The van der Waals surface area contributed by atoms with Gasteiger partial charge in [-0.15, -0.1) is 0 Å². The molecular formula is C19H19NO4. The minimum absolute atomic E-state index is 0.139. The van der Waals surface area contributed by atoms with Crippen LogP contribution in [0.5, 0.6) is 5.75 Å². The van der Waals surface area contributed by atoms with Crippen molar-refractivity contribution in [2.24, 2.45) is 5.92 Å². The van der Waals surface area contributed by atoms with Gasteiger partial charge in [0, 0.05) is 11.3 Å². The van der Waals surface area contributed by atoms with Crippen LogP contribution in [-0.2, 0) is 0 Å². The van der Waals surface area contributed by atoms with Crippen molar-refractivity contribution in [3.8, 4) is 5.75 Å². The number of hydrogen-bond acceptors (Lipinski definition) is 3. The number of hydrogen-bond donors (Lipinski definition) is 2. The highest BCUT2D eigenvalue weighted by atomic mass is 16.5. The smallest absolute Gasteiger partial charge is 0.335 e. The van der Waals surface area contributed by atoms with Crippen LogP contribution in [0.2, 0.25) is 0 Å². The lowest BCUT2D eigenvalue weighted by Gasteiger charge is -2.10. The average molecular weight is 325 g/mol. The average Bonchev–Trinajstić information content (AvgIpc) is 3.39. The number of aromatic carboxylic acids is 1. The van der Waals surface area contributed by atoms with E-state index < -0.39 is 5.97 Å². The first-order valence-corrected chi connectivity index (χ1v) is 7.91. The Labute approximate surface area is 140 Å². The van der Waals surface area contributed by atoms with E-state index in [1.807, 2.05) is 6.92 Å². The Morgan fingerprint density at radius 3 is 2.42 bits per heavy atom. The van der Waals surface area contributed by atoms with Crippen LogP contribution in [0.4, 0.5) is 5.69 Å². The van der Waals surface area contributed by atoms with Gasteiger partial charge < -0.3 is 15.2 Å². The summed E-state index contributed by atoms with van der Waals surface area (Å²) in [7, 11) is 0. The zero-order valence-corrected chi connectivity index (χ0v) is 13.4. The van der Waals surface area contributed by atoms with Crippen LogP contribution in [0.25, 0.3) is 0 Å². The van der Waals surface area contributed by atoms with Gasteiger partial charge in [0.2, 0.25) is 0 Å². The summed E-state index contributed by atoms with van der Waals surface area (Å²) >= 11 is 0. The van der Waals surface area contributed by atoms with Gasteiger partial charge in [-0.25, -0.2) is 4.79 Å². The molecule has 0 spiro atoms. The van der Waals surface area contributed by atoms with Gasteiger partial charge in [0.05, 0.1) is 12.2 Å². The fraction of sp³-hybridized carbons (Fsp3) is 0.263. The standard InChI is InChI=1S/C19H19NO4/c1-12-2-5-15(19(22)23)10-17(12)20-18(21)14-6-8-16(9-7-14)24-11-13-3-4-13/h2,5-10,13H,3-4,11H2,1H3,(H,20,21)(H,22,23). The summed E-state index contributed by atoms with van der Waals surface area (Å²) in [4.78, 5) is 23.4. The molecule has 124 valence electrons. The lowest BCUT2D eigenvalue weighted by molar-refractivity contribution is 0.0696. The number of carboxylic acid groups (broad SMARTS) is 1. The van der Waals surface area contributed by atoms with Crippen LogP contribution < -0.4 is 10.1 Å². The maximum absolute atomic E-state index is 12.3. The van der Waals surface area contributed by atoms with Gasteiger partial charge in [-0.2, -0.15) is 0 Å². The number of rotatable bonds is 6. The zero-order chi connectivity index (χ0) is 17.1. The SMILES string of the molecule is Cc1ccc(C(=O)O)cc1NC(=O)c1ccc(OCC2CC2)cc1. The van der Waals surface area contributed by atoms with E-state index in [0.717, 1.165) is 17.9 Å². The largest absolute Gasteiger partial charge is 0.493 e. The molecule has 0 atom stereocenters. The van der Waals surface area contributed by atoms with Crippen LogP contribution in [0.3, 0.4) is 0 Å². The van der Waals surface area contributed by atoms with Gasteiger partial charge in [0.15, 0.2) is 0 Å². The summed E-state index contributed by atoms with van der Waals surface area (Å²) in [6.45, 7) is 2.54. The minimum atomic E-state index is -1.03. The van der Waals surface area contributed by atoms with E-state index in [2.05, 4.69) is 5.32 Å². The number of anilines is 1. The molecule has 1 aliphatic carbocycles. The molecular weight excluding hydrogens is 306 g/mol. The summed E-state index contributed by atoms with van der Waals surface area (Å²) in [5.41, 5.74) is 1.93. The number of carboxylic acids is 1. The quantitative estimate of drug-likeness (QED) is 0.848. The number of carbonyl (C=O) groups excluding carboxylic acids is 1. The normalized spacial score (nSPS) is 13.4. The predicted molar refractivity (Wildman–Crippen MR) is 90.8 cm³/mol.